The number of fused-ring (bicyclic) bond motifs is 1. The van der Waals surface area contributed by atoms with E-state index in [9.17, 15) is 9.59 Å². The second kappa shape index (κ2) is 4.67. The topological polar surface area (TPSA) is 82.2 Å². The van der Waals surface area contributed by atoms with Gasteiger partial charge in [0.2, 0.25) is 0 Å². The van der Waals surface area contributed by atoms with Crippen LogP contribution in [0.2, 0.25) is 0 Å². The molecule has 5 nitrogen and oxygen atoms in total. The molecule has 0 saturated carbocycles. The highest BCUT2D eigenvalue weighted by atomic mass is 16.4. The molecule has 0 atom stereocenters. The highest BCUT2D eigenvalue weighted by molar-refractivity contribution is 6.01. The van der Waals surface area contributed by atoms with Gasteiger partial charge in [-0.25, -0.2) is 4.79 Å². The number of amides is 1. The molecule has 20 heavy (non-hydrogen) atoms. The lowest BCUT2D eigenvalue weighted by Gasteiger charge is -2.20. The van der Waals surface area contributed by atoms with E-state index in [2.05, 4.69) is 10.3 Å². The summed E-state index contributed by atoms with van der Waals surface area (Å²) < 4.78 is 0. The minimum Gasteiger partial charge on any atom is -0.480 e. The van der Waals surface area contributed by atoms with Gasteiger partial charge in [-0.15, -0.1) is 0 Å². The van der Waals surface area contributed by atoms with Crippen LogP contribution in [0.5, 0.6) is 0 Å². The SMILES string of the molecule is Cc1ccc2[nH]c(C(=O)NC(C)(C)C(=O)O)cc2c1C. The maximum atomic E-state index is 12.1. The van der Waals surface area contributed by atoms with Crippen LogP contribution < -0.4 is 5.32 Å². The van der Waals surface area contributed by atoms with Gasteiger partial charge in [0.1, 0.15) is 11.2 Å². The smallest absolute Gasteiger partial charge is 0.328 e. The highest BCUT2D eigenvalue weighted by Gasteiger charge is 2.29. The number of benzene rings is 1. The Morgan fingerprint density at radius 3 is 2.50 bits per heavy atom. The van der Waals surface area contributed by atoms with Gasteiger partial charge in [0.25, 0.3) is 5.91 Å². The van der Waals surface area contributed by atoms with Gasteiger partial charge >= 0.3 is 5.97 Å². The number of rotatable bonds is 3. The van der Waals surface area contributed by atoms with Crippen molar-refractivity contribution in [2.45, 2.75) is 33.2 Å². The summed E-state index contributed by atoms with van der Waals surface area (Å²) in [4.78, 5) is 26.2. The Hall–Kier alpha value is -2.30. The number of carbonyl (C=O) groups excluding carboxylic acids is 1. The molecule has 0 spiro atoms. The molecule has 0 saturated heterocycles. The zero-order chi connectivity index (χ0) is 15.1. The van der Waals surface area contributed by atoms with Crippen molar-refractivity contribution >= 4 is 22.8 Å². The number of carboxylic acids is 1. The van der Waals surface area contributed by atoms with E-state index in [1.165, 1.54) is 13.8 Å². The summed E-state index contributed by atoms with van der Waals surface area (Å²) in [5, 5.41) is 12.5. The standard InChI is InChI=1S/C15H18N2O3/c1-8-5-6-11-10(9(8)2)7-12(16-11)13(18)17-15(3,4)14(19)20/h5-7,16H,1-4H3,(H,17,18)(H,19,20). The first-order valence-corrected chi connectivity index (χ1v) is 6.37. The van der Waals surface area contributed by atoms with E-state index < -0.39 is 17.4 Å². The van der Waals surface area contributed by atoms with Crippen LogP contribution in [0.3, 0.4) is 0 Å². The summed E-state index contributed by atoms with van der Waals surface area (Å²) in [5.74, 6) is -1.50. The summed E-state index contributed by atoms with van der Waals surface area (Å²) in [6.07, 6.45) is 0. The highest BCUT2D eigenvalue weighted by Crippen LogP contribution is 2.22. The van der Waals surface area contributed by atoms with Crippen molar-refractivity contribution < 1.29 is 14.7 Å². The van der Waals surface area contributed by atoms with Gasteiger partial charge < -0.3 is 15.4 Å². The van der Waals surface area contributed by atoms with E-state index >= 15 is 0 Å². The van der Waals surface area contributed by atoms with Gasteiger partial charge in [-0.1, -0.05) is 6.07 Å². The van der Waals surface area contributed by atoms with Crippen molar-refractivity contribution in [3.8, 4) is 0 Å². The maximum Gasteiger partial charge on any atom is 0.328 e. The minimum atomic E-state index is -1.31. The first-order chi connectivity index (χ1) is 9.22. The third kappa shape index (κ3) is 2.39. The number of carboxylic acid groups (broad SMARTS) is 1. The molecule has 1 amide bonds. The molecule has 106 valence electrons. The lowest BCUT2D eigenvalue weighted by molar-refractivity contribution is -0.143. The van der Waals surface area contributed by atoms with Gasteiger partial charge in [-0.05, 0) is 51.0 Å². The molecule has 0 aliphatic heterocycles. The Morgan fingerprint density at radius 1 is 1.25 bits per heavy atom. The van der Waals surface area contributed by atoms with E-state index in [1.807, 2.05) is 26.0 Å². The third-order valence-electron chi connectivity index (χ3n) is 3.55. The van der Waals surface area contributed by atoms with E-state index in [4.69, 9.17) is 5.11 Å². The molecule has 2 rings (SSSR count). The van der Waals surface area contributed by atoms with Crippen molar-refractivity contribution in [3.05, 3.63) is 35.0 Å². The fourth-order valence-electron chi connectivity index (χ4n) is 1.98. The van der Waals surface area contributed by atoms with Crippen LogP contribution >= 0.6 is 0 Å². The zero-order valence-electron chi connectivity index (χ0n) is 12.0. The van der Waals surface area contributed by atoms with Crippen molar-refractivity contribution in [3.63, 3.8) is 0 Å². The quantitative estimate of drug-likeness (QED) is 0.803. The predicted molar refractivity (Wildman–Crippen MR) is 77.0 cm³/mol. The average molecular weight is 274 g/mol. The molecule has 1 aromatic carbocycles. The number of aromatic nitrogens is 1. The largest absolute Gasteiger partial charge is 0.480 e. The summed E-state index contributed by atoms with van der Waals surface area (Å²) in [6.45, 7) is 6.90. The Morgan fingerprint density at radius 2 is 1.90 bits per heavy atom. The number of carbonyl (C=O) groups is 2. The molecule has 1 heterocycles. The van der Waals surface area contributed by atoms with Crippen molar-refractivity contribution in [2.75, 3.05) is 0 Å². The Balaban J connectivity index is 2.37. The normalized spacial score (nSPS) is 11.6. The number of aromatic amines is 1. The van der Waals surface area contributed by atoms with Crippen LogP contribution in [0.1, 0.15) is 35.5 Å². The zero-order valence-corrected chi connectivity index (χ0v) is 12.0. The number of H-pyrrole nitrogens is 1. The van der Waals surface area contributed by atoms with Gasteiger partial charge in [-0.3, -0.25) is 4.79 Å². The number of hydrogen-bond donors (Lipinski definition) is 3. The summed E-state index contributed by atoms with van der Waals surface area (Å²) in [5.41, 5.74) is 2.18. The average Bonchev–Trinajstić information content (AvgIpc) is 2.78. The minimum absolute atomic E-state index is 0.364. The van der Waals surface area contributed by atoms with Crippen LogP contribution in [-0.4, -0.2) is 27.5 Å². The van der Waals surface area contributed by atoms with Crippen LogP contribution in [-0.2, 0) is 4.79 Å². The van der Waals surface area contributed by atoms with Crippen LogP contribution in [0.4, 0.5) is 0 Å². The summed E-state index contributed by atoms with van der Waals surface area (Å²) in [6, 6.07) is 5.65. The molecule has 0 unspecified atom stereocenters. The molecule has 0 radical (unpaired) electrons. The molecule has 1 aromatic heterocycles. The van der Waals surface area contributed by atoms with Crippen LogP contribution in [0.25, 0.3) is 10.9 Å². The van der Waals surface area contributed by atoms with Gasteiger partial charge in [-0.2, -0.15) is 0 Å². The second-order valence-electron chi connectivity index (χ2n) is 5.54. The van der Waals surface area contributed by atoms with Crippen molar-refractivity contribution in [2.24, 2.45) is 0 Å². The van der Waals surface area contributed by atoms with E-state index in [-0.39, 0.29) is 0 Å². The fourth-order valence-corrected chi connectivity index (χ4v) is 1.98. The third-order valence-corrected chi connectivity index (χ3v) is 3.55. The molecule has 5 heteroatoms. The molecule has 0 fully saturated rings. The van der Waals surface area contributed by atoms with E-state index in [0.717, 1.165) is 22.0 Å². The molecule has 0 aliphatic rings. The van der Waals surface area contributed by atoms with Gasteiger partial charge in [0.15, 0.2) is 0 Å². The molecule has 2 aromatic rings. The summed E-state index contributed by atoms with van der Waals surface area (Å²) in [7, 11) is 0. The number of aliphatic carboxylic acids is 1. The second-order valence-corrected chi connectivity index (χ2v) is 5.54. The van der Waals surface area contributed by atoms with Gasteiger partial charge in [0.05, 0.1) is 0 Å². The molecule has 0 aliphatic carbocycles. The van der Waals surface area contributed by atoms with E-state index in [1.54, 1.807) is 6.07 Å². The van der Waals surface area contributed by atoms with Gasteiger partial charge in [0, 0.05) is 10.9 Å². The van der Waals surface area contributed by atoms with Crippen molar-refractivity contribution in [1.29, 1.82) is 0 Å². The van der Waals surface area contributed by atoms with Crippen molar-refractivity contribution in [1.82, 2.24) is 10.3 Å². The number of nitrogens with one attached hydrogen (secondary N) is 2. The van der Waals surface area contributed by atoms with Crippen LogP contribution in [0, 0.1) is 13.8 Å². The van der Waals surface area contributed by atoms with E-state index in [0.29, 0.717) is 5.69 Å². The van der Waals surface area contributed by atoms with Crippen LogP contribution in [0.15, 0.2) is 18.2 Å². The Bertz CT molecular complexity index is 698. The first kappa shape index (κ1) is 14.1. The number of aryl methyl sites for hydroxylation is 2. The maximum absolute atomic E-state index is 12.1. The molecular formula is C15H18N2O3. The Labute approximate surface area is 117 Å². The molecule has 0 bridgehead atoms. The fraction of sp³-hybridized carbons (Fsp3) is 0.333. The summed E-state index contributed by atoms with van der Waals surface area (Å²) >= 11 is 0. The lowest BCUT2D eigenvalue weighted by atomic mass is 10.1. The molecule has 3 N–H and O–H groups in total. The number of hydrogen-bond acceptors (Lipinski definition) is 2. The lowest BCUT2D eigenvalue weighted by Crippen LogP contribution is -2.49. The monoisotopic (exact) mass is 274 g/mol. The first-order valence-electron chi connectivity index (χ1n) is 6.37. The Kier molecular flexibility index (Phi) is 3.29. The predicted octanol–water partition coefficient (Wildman–Crippen LogP) is 2.38. The molecular weight excluding hydrogens is 256 g/mol.